The van der Waals surface area contributed by atoms with Gasteiger partial charge in [0, 0.05) is 5.57 Å². The van der Waals surface area contributed by atoms with E-state index in [0.717, 1.165) is 0 Å². The highest BCUT2D eigenvalue weighted by Gasteiger charge is 2.15. The molecule has 72 valence electrons. The van der Waals surface area contributed by atoms with Crippen LogP contribution in [0.2, 0.25) is 0 Å². The lowest BCUT2D eigenvalue weighted by atomic mass is 10.2. The summed E-state index contributed by atoms with van der Waals surface area (Å²) in [4.78, 5) is 21.3. The van der Waals surface area contributed by atoms with Gasteiger partial charge in [0.25, 0.3) is 0 Å². The van der Waals surface area contributed by atoms with Gasteiger partial charge in [-0.25, -0.2) is 4.79 Å². The Morgan fingerprint density at radius 1 is 1.62 bits per heavy atom. The summed E-state index contributed by atoms with van der Waals surface area (Å²) in [5.41, 5.74) is 0.244. The number of carbonyl (C=O) groups excluding carboxylic acids is 1. The second kappa shape index (κ2) is 5.13. The van der Waals surface area contributed by atoms with Crippen molar-refractivity contribution in [2.45, 2.75) is 6.92 Å². The van der Waals surface area contributed by atoms with Crippen LogP contribution in [-0.2, 0) is 14.3 Å². The van der Waals surface area contributed by atoms with Gasteiger partial charge in [-0.1, -0.05) is 12.7 Å². The van der Waals surface area contributed by atoms with Crippen molar-refractivity contribution in [2.75, 3.05) is 6.61 Å². The van der Waals surface area contributed by atoms with Crippen LogP contribution < -0.4 is 0 Å². The Morgan fingerprint density at radius 3 is 2.46 bits per heavy atom. The Kier molecular flexibility index (Phi) is 4.51. The topological polar surface area (TPSA) is 63.6 Å². The molecule has 0 bridgehead atoms. The van der Waals surface area contributed by atoms with Crippen LogP contribution in [0.5, 0.6) is 0 Å². The molecule has 0 aliphatic rings. The van der Waals surface area contributed by atoms with E-state index in [2.05, 4.69) is 17.9 Å². The lowest BCUT2D eigenvalue weighted by molar-refractivity contribution is -0.146. The Bertz CT molecular complexity index is 242. The molecule has 0 saturated carbocycles. The van der Waals surface area contributed by atoms with Gasteiger partial charge in [-0.15, -0.1) is 6.58 Å². The van der Waals surface area contributed by atoms with Crippen LogP contribution in [0.1, 0.15) is 6.92 Å². The Morgan fingerprint density at radius 2 is 2.15 bits per heavy atom. The van der Waals surface area contributed by atoms with E-state index in [1.807, 2.05) is 0 Å². The molecule has 0 aromatic carbocycles. The van der Waals surface area contributed by atoms with Gasteiger partial charge in [0.2, 0.25) is 0 Å². The van der Waals surface area contributed by atoms with Crippen molar-refractivity contribution in [3.05, 3.63) is 24.8 Å². The molecule has 0 aromatic rings. The van der Waals surface area contributed by atoms with Crippen molar-refractivity contribution in [1.29, 1.82) is 0 Å². The van der Waals surface area contributed by atoms with Crippen LogP contribution >= 0.6 is 0 Å². The first-order chi connectivity index (χ1) is 5.99. The van der Waals surface area contributed by atoms with Gasteiger partial charge in [0.1, 0.15) is 12.5 Å². The molecule has 1 N–H and O–H groups in total. The molecule has 0 fully saturated rings. The van der Waals surface area contributed by atoms with Crippen molar-refractivity contribution in [3.63, 3.8) is 0 Å². The van der Waals surface area contributed by atoms with Crippen LogP contribution in [0, 0.1) is 5.92 Å². The van der Waals surface area contributed by atoms with Crippen molar-refractivity contribution < 1.29 is 19.4 Å². The van der Waals surface area contributed by atoms with E-state index in [1.165, 1.54) is 13.0 Å². The van der Waals surface area contributed by atoms with Gasteiger partial charge in [0.15, 0.2) is 0 Å². The fraction of sp³-hybridized carbons (Fsp3) is 0.333. The van der Waals surface area contributed by atoms with Gasteiger partial charge >= 0.3 is 11.9 Å². The number of ether oxygens (including phenoxy) is 1. The predicted molar refractivity (Wildman–Crippen MR) is 47.1 cm³/mol. The summed E-state index contributed by atoms with van der Waals surface area (Å²) < 4.78 is 4.63. The Hall–Kier alpha value is -1.58. The normalized spacial score (nSPS) is 11.5. The first kappa shape index (κ1) is 11.4. The minimum absolute atomic E-state index is 0.204. The molecule has 0 spiro atoms. The fourth-order valence-corrected chi connectivity index (χ4v) is 0.529. The molecule has 0 heterocycles. The molecule has 0 saturated heterocycles. The lowest BCUT2D eigenvalue weighted by Crippen LogP contribution is -2.19. The van der Waals surface area contributed by atoms with Gasteiger partial charge in [-0.3, -0.25) is 4.79 Å². The Balaban J connectivity index is 4.00. The van der Waals surface area contributed by atoms with Gasteiger partial charge < -0.3 is 9.84 Å². The third kappa shape index (κ3) is 4.10. The average molecular weight is 184 g/mol. The minimum Gasteiger partial charge on any atom is -0.481 e. The second-order valence-corrected chi connectivity index (χ2v) is 2.56. The number of carbonyl (C=O) groups is 2. The number of hydrogen-bond donors (Lipinski definition) is 1. The number of carboxylic acid groups (broad SMARTS) is 1. The van der Waals surface area contributed by atoms with E-state index in [-0.39, 0.29) is 12.2 Å². The summed E-state index contributed by atoms with van der Waals surface area (Å²) in [7, 11) is 0. The van der Waals surface area contributed by atoms with Gasteiger partial charge in [-0.05, 0) is 6.92 Å². The van der Waals surface area contributed by atoms with E-state index in [0.29, 0.717) is 0 Å². The van der Waals surface area contributed by atoms with Crippen molar-refractivity contribution in [3.8, 4) is 0 Å². The summed E-state index contributed by atoms with van der Waals surface area (Å²) >= 11 is 0. The zero-order chi connectivity index (χ0) is 10.4. The number of aliphatic carboxylic acids is 1. The second-order valence-electron chi connectivity index (χ2n) is 2.56. The molecule has 0 amide bonds. The Labute approximate surface area is 76.5 Å². The van der Waals surface area contributed by atoms with Crippen molar-refractivity contribution in [2.24, 2.45) is 5.92 Å². The molecule has 4 nitrogen and oxygen atoms in total. The van der Waals surface area contributed by atoms with E-state index in [9.17, 15) is 9.59 Å². The highest BCUT2D eigenvalue weighted by Crippen LogP contribution is 2.01. The van der Waals surface area contributed by atoms with Crippen LogP contribution in [0.4, 0.5) is 0 Å². The molecule has 0 aromatic heterocycles. The van der Waals surface area contributed by atoms with Crippen LogP contribution in [0.3, 0.4) is 0 Å². The quantitative estimate of drug-likeness (QED) is 0.393. The zero-order valence-corrected chi connectivity index (χ0v) is 7.45. The van der Waals surface area contributed by atoms with Crippen molar-refractivity contribution >= 4 is 11.9 Å². The largest absolute Gasteiger partial charge is 0.481 e. The molecular weight excluding hydrogens is 172 g/mol. The number of rotatable bonds is 5. The summed E-state index contributed by atoms with van der Waals surface area (Å²) in [6.45, 7) is 7.95. The summed E-state index contributed by atoms with van der Waals surface area (Å²) in [5.74, 6) is -2.51. The van der Waals surface area contributed by atoms with Gasteiger partial charge in [0.05, 0.1) is 0 Å². The maximum Gasteiger partial charge on any atom is 0.333 e. The maximum absolute atomic E-state index is 10.8. The number of esters is 1. The molecule has 0 radical (unpaired) electrons. The molecular formula is C9H12O4. The standard InChI is InChI=1S/C9H12O4/c1-4-7(8(10)11)5-13-9(12)6(2)3/h4,7H,1-2,5H2,3H3,(H,10,11). The highest BCUT2D eigenvalue weighted by atomic mass is 16.5. The van der Waals surface area contributed by atoms with Crippen molar-refractivity contribution in [1.82, 2.24) is 0 Å². The number of carboxylic acids is 1. The third-order valence-corrected chi connectivity index (χ3v) is 1.34. The molecule has 1 atom stereocenters. The van der Waals surface area contributed by atoms with E-state index in [4.69, 9.17) is 5.11 Å². The molecule has 1 unspecified atom stereocenters. The van der Waals surface area contributed by atoms with Crippen LogP contribution in [0.15, 0.2) is 24.8 Å². The molecule has 0 aliphatic carbocycles. The maximum atomic E-state index is 10.8. The minimum atomic E-state index is -1.07. The SMILES string of the molecule is C=CC(COC(=O)C(=C)C)C(=O)O. The first-order valence-electron chi connectivity index (χ1n) is 3.67. The van der Waals surface area contributed by atoms with Gasteiger partial charge in [-0.2, -0.15) is 0 Å². The monoisotopic (exact) mass is 184 g/mol. The summed E-state index contributed by atoms with van der Waals surface area (Å²) in [5, 5.41) is 8.54. The third-order valence-electron chi connectivity index (χ3n) is 1.34. The number of hydrogen-bond acceptors (Lipinski definition) is 3. The van der Waals surface area contributed by atoms with E-state index < -0.39 is 17.9 Å². The van der Waals surface area contributed by atoms with Crippen LogP contribution in [0.25, 0.3) is 0 Å². The lowest BCUT2D eigenvalue weighted by Gasteiger charge is -2.07. The van der Waals surface area contributed by atoms with Crippen LogP contribution in [-0.4, -0.2) is 23.7 Å². The molecule has 13 heavy (non-hydrogen) atoms. The smallest absolute Gasteiger partial charge is 0.333 e. The zero-order valence-electron chi connectivity index (χ0n) is 7.45. The van der Waals surface area contributed by atoms with E-state index >= 15 is 0 Å². The molecule has 0 rings (SSSR count). The fourth-order valence-electron chi connectivity index (χ4n) is 0.529. The summed E-state index contributed by atoms with van der Waals surface area (Å²) in [6.07, 6.45) is 1.22. The summed E-state index contributed by atoms with van der Waals surface area (Å²) in [6, 6.07) is 0. The molecule has 4 heteroatoms. The van der Waals surface area contributed by atoms with E-state index in [1.54, 1.807) is 0 Å². The first-order valence-corrected chi connectivity index (χ1v) is 3.67. The predicted octanol–water partition coefficient (Wildman–Crippen LogP) is 0.992. The highest BCUT2D eigenvalue weighted by molar-refractivity contribution is 5.87. The molecule has 0 aliphatic heterocycles. The average Bonchev–Trinajstić information content (AvgIpc) is 2.04.